The zero-order valence-electron chi connectivity index (χ0n) is 18.4. The minimum atomic E-state index is -4.64. The second-order valence-corrected chi connectivity index (χ2v) is 10.1. The molecular weight excluding hydrogens is 449 g/mol. The van der Waals surface area contributed by atoms with Crippen LogP contribution in [0.4, 0.5) is 13.2 Å². The van der Waals surface area contributed by atoms with E-state index in [1.807, 2.05) is 13.8 Å². The van der Waals surface area contributed by atoms with E-state index in [9.17, 15) is 31.2 Å². The van der Waals surface area contributed by atoms with E-state index in [4.69, 9.17) is 0 Å². The summed E-state index contributed by atoms with van der Waals surface area (Å²) in [4.78, 5) is 25.6. The molecule has 1 aliphatic rings. The van der Waals surface area contributed by atoms with Crippen molar-refractivity contribution in [1.29, 1.82) is 0 Å². The maximum atomic E-state index is 13.0. The number of hydrogen-bond acceptors (Lipinski definition) is 5. The van der Waals surface area contributed by atoms with Crippen LogP contribution in [0, 0.1) is 11.8 Å². The Hall–Kier alpha value is -2.14. The standard InChI is InChI=1S/C21H29F3N2O5S/c1-15(2)14-25(10-9-19(27)31-3)20(28)16-7-11-26(12-8-16)32(29,30)18-6-4-5-17(13-18)21(22,23)24/h4-6,13,15-16H,7-12,14H2,1-3H3. The molecule has 1 aromatic carbocycles. The van der Waals surface area contributed by atoms with Gasteiger partial charge in [0, 0.05) is 32.1 Å². The summed E-state index contributed by atoms with van der Waals surface area (Å²) >= 11 is 0. The number of methoxy groups -OCH3 is 1. The summed E-state index contributed by atoms with van der Waals surface area (Å²) in [6.45, 7) is 4.62. The molecule has 2 rings (SSSR count). The fraction of sp³-hybridized carbons (Fsp3) is 0.619. The number of ether oxygens (including phenoxy) is 1. The predicted octanol–water partition coefficient (Wildman–Crippen LogP) is 3.15. The van der Waals surface area contributed by atoms with Crippen LogP contribution in [0.25, 0.3) is 0 Å². The molecule has 1 saturated heterocycles. The van der Waals surface area contributed by atoms with Gasteiger partial charge >= 0.3 is 12.1 Å². The van der Waals surface area contributed by atoms with E-state index in [1.54, 1.807) is 4.90 Å². The van der Waals surface area contributed by atoms with E-state index in [0.29, 0.717) is 12.6 Å². The lowest BCUT2D eigenvalue weighted by molar-refractivity contribution is -0.143. The van der Waals surface area contributed by atoms with Gasteiger partial charge in [-0.05, 0) is 37.0 Å². The normalized spacial score (nSPS) is 16.2. The van der Waals surface area contributed by atoms with Gasteiger partial charge in [0.05, 0.1) is 24.0 Å². The number of benzene rings is 1. The first kappa shape index (κ1) is 26.1. The number of rotatable bonds is 8. The topological polar surface area (TPSA) is 84.0 Å². The molecule has 0 aliphatic carbocycles. The van der Waals surface area contributed by atoms with Gasteiger partial charge < -0.3 is 9.64 Å². The fourth-order valence-electron chi connectivity index (χ4n) is 3.64. The highest BCUT2D eigenvalue weighted by atomic mass is 32.2. The van der Waals surface area contributed by atoms with Crippen LogP contribution in [0.15, 0.2) is 29.2 Å². The Balaban J connectivity index is 2.07. The van der Waals surface area contributed by atoms with E-state index in [2.05, 4.69) is 4.74 Å². The zero-order valence-corrected chi connectivity index (χ0v) is 19.2. The molecule has 1 aromatic rings. The molecule has 0 saturated carbocycles. The van der Waals surface area contributed by atoms with Gasteiger partial charge in [0.2, 0.25) is 15.9 Å². The number of nitrogens with zero attached hydrogens (tertiary/aromatic N) is 2. The molecule has 0 N–H and O–H groups in total. The molecule has 11 heteroatoms. The number of piperidine rings is 1. The smallest absolute Gasteiger partial charge is 0.416 e. The van der Waals surface area contributed by atoms with E-state index in [1.165, 1.54) is 7.11 Å². The molecular formula is C21H29F3N2O5S. The molecule has 1 fully saturated rings. The number of alkyl halides is 3. The summed E-state index contributed by atoms with van der Waals surface area (Å²) in [5, 5.41) is 0. The zero-order chi connectivity index (χ0) is 24.1. The third-order valence-electron chi connectivity index (χ3n) is 5.31. The number of amides is 1. The highest BCUT2D eigenvalue weighted by Crippen LogP contribution is 2.32. The van der Waals surface area contributed by atoms with Gasteiger partial charge in [-0.3, -0.25) is 9.59 Å². The maximum Gasteiger partial charge on any atom is 0.416 e. The fourth-order valence-corrected chi connectivity index (χ4v) is 5.16. The summed E-state index contributed by atoms with van der Waals surface area (Å²) in [5.74, 6) is -0.815. The number of esters is 1. The summed E-state index contributed by atoms with van der Waals surface area (Å²) in [5.41, 5.74) is -1.03. The van der Waals surface area contributed by atoms with Crippen molar-refractivity contribution in [3.63, 3.8) is 0 Å². The Bertz CT molecular complexity index is 910. The van der Waals surface area contributed by atoms with Crippen LogP contribution in [-0.2, 0) is 30.5 Å². The SMILES string of the molecule is COC(=O)CCN(CC(C)C)C(=O)C1CCN(S(=O)(=O)c2cccc(C(F)(F)F)c2)CC1. The second kappa shape index (κ2) is 10.7. The molecule has 32 heavy (non-hydrogen) atoms. The van der Waals surface area contributed by atoms with Gasteiger partial charge in [-0.25, -0.2) is 8.42 Å². The molecule has 0 aromatic heterocycles. The lowest BCUT2D eigenvalue weighted by Crippen LogP contribution is -2.45. The van der Waals surface area contributed by atoms with Crippen molar-refractivity contribution >= 4 is 21.9 Å². The number of halogens is 3. The van der Waals surface area contributed by atoms with Crippen LogP contribution >= 0.6 is 0 Å². The van der Waals surface area contributed by atoms with Crippen LogP contribution in [0.3, 0.4) is 0 Å². The van der Waals surface area contributed by atoms with Gasteiger partial charge in [0.1, 0.15) is 0 Å². The Morgan fingerprint density at radius 1 is 1.22 bits per heavy atom. The van der Waals surface area contributed by atoms with Crippen LogP contribution in [0.2, 0.25) is 0 Å². The summed E-state index contributed by atoms with van der Waals surface area (Å²) in [7, 11) is -2.84. The van der Waals surface area contributed by atoms with Crippen LogP contribution in [0.5, 0.6) is 0 Å². The minimum Gasteiger partial charge on any atom is -0.469 e. The molecule has 1 heterocycles. The predicted molar refractivity (Wildman–Crippen MR) is 111 cm³/mol. The Kier molecular flexibility index (Phi) is 8.69. The number of carbonyl (C=O) groups is 2. The molecule has 1 aliphatic heterocycles. The first-order valence-electron chi connectivity index (χ1n) is 10.4. The molecule has 7 nitrogen and oxygen atoms in total. The van der Waals surface area contributed by atoms with Crippen LogP contribution in [0.1, 0.15) is 38.7 Å². The average Bonchev–Trinajstić information content (AvgIpc) is 2.75. The van der Waals surface area contributed by atoms with Crippen molar-refractivity contribution in [2.45, 2.75) is 44.2 Å². The van der Waals surface area contributed by atoms with Crippen molar-refractivity contribution in [3.05, 3.63) is 29.8 Å². The van der Waals surface area contributed by atoms with E-state index in [0.717, 1.165) is 22.5 Å². The molecule has 0 bridgehead atoms. The lowest BCUT2D eigenvalue weighted by atomic mass is 9.96. The molecule has 0 spiro atoms. The van der Waals surface area contributed by atoms with E-state index in [-0.39, 0.29) is 50.7 Å². The van der Waals surface area contributed by atoms with Gasteiger partial charge in [0.25, 0.3) is 0 Å². The third kappa shape index (κ3) is 6.68. The van der Waals surface area contributed by atoms with Crippen molar-refractivity contribution < 1.29 is 35.9 Å². The van der Waals surface area contributed by atoms with Gasteiger partial charge in [-0.2, -0.15) is 17.5 Å². The van der Waals surface area contributed by atoms with Crippen molar-refractivity contribution in [2.75, 3.05) is 33.3 Å². The van der Waals surface area contributed by atoms with Gasteiger partial charge in [0.15, 0.2) is 0 Å². The second-order valence-electron chi connectivity index (χ2n) is 8.21. The monoisotopic (exact) mass is 478 g/mol. The van der Waals surface area contributed by atoms with Gasteiger partial charge in [-0.15, -0.1) is 0 Å². The third-order valence-corrected chi connectivity index (χ3v) is 7.21. The molecule has 0 atom stereocenters. The molecule has 180 valence electrons. The molecule has 0 unspecified atom stereocenters. The molecule has 1 amide bonds. The van der Waals surface area contributed by atoms with E-state index < -0.39 is 38.5 Å². The number of sulfonamides is 1. The highest BCUT2D eigenvalue weighted by molar-refractivity contribution is 7.89. The summed E-state index contributed by atoms with van der Waals surface area (Å²) in [6.07, 6.45) is -4.07. The Morgan fingerprint density at radius 2 is 1.84 bits per heavy atom. The maximum absolute atomic E-state index is 13.0. The lowest BCUT2D eigenvalue weighted by Gasteiger charge is -2.34. The molecule has 0 radical (unpaired) electrons. The average molecular weight is 479 g/mol. The minimum absolute atomic E-state index is 0.0293. The Morgan fingerprint density at radius 3 is 2.38 bits per heavy atom. The van der Waals surface area contributed by atoms with Crippen molar-refractivity contribution in [2.24, 2.45) is 11.8 Å². The summed E-state index contributed by atoms with van der Waals surface area (Å²) in [6, 6.07) is 3.65. The number of carbonyl (C=O) groups excluding carboxylic acids is 2. The van der Waals surface area contributed by atoms with Crippen molar-refractivity contribution in [3.8, 4) is 0 Å². The summed E-state index contributed by atoms with van der Waals surface area (Å²) < 4.78 is 70.3. The Labute approximate surface area is 186 Å². The van der Waals surface area contributed by atoms with Gasteiger partial charge in [-0.1, -0.05) is 19.9 Å². The van der Waals surface area contributed by atoms with Crippen LogP contribution in [-0.4, -0.2) is 62.8 Å². The first-order valence-corrected chi connectivity index (χ1v) is 11.8. The number of hydrogen-bond donors (Lipinski definition) is 0. The van der Waals surface area contributed by atoms with Crippen molar-refractivity contribution in [1.82, 2.24) is 9.21 Å². The van der Waals surface area contributed by atoms with Crippen LogP contribution < -0.4 is 0 Å². The quantitative estimate of drug-likeness (QED) is 0.536. The largest absolute Gasteiger partial charge is 0.469 e. The van der Waals surface area contributed by atoms with E-state index >= 15 is 0 Å². The first-order chi connectivity index (χ1) is 14.9. The highest BCUT2D eigenvalue weighted by Gasteiger charge is 2.36.